The van der Waals surface area contributed by atoms with E-state index < -0.39 is 5.60 Å². The van der Waals surface area contributed by atoms with Gasteiger partial charge in [-0.2, -0.15) is 0 Å². The van der Waals surface area contributed by atoms with Crippen molar-refractivity contribution in [2.75, 3.05) is 39.3 Å². The lowest BCUT2D eigenvalue weighted by Gasteiger charge is -2.47. The van der Waals surface area contributed by atoms with Gasteiger partial charge >= 0.3 is 12.1 Å². The largest absolute Gasteiger partial charge is 0.463 e. The van der Waals surface area contributed by atoms with Gasteiger partial charge in [0.15, 0.2) is 0 Å². The summed E-state index contributed by atoms with van der Waals surface area (Å²) in [6.07, 6.45) is 3.24. The summed E-state index contributed by atoms with van der Waals surface area (Å²) < 4.78 is 10.6. The Morgan fingerprint density at radius 2 is 1.80 bits per heavy atom. The molecule has 1 amide bonds. The number of fused-ring (bicyclic) bond motifs is 2. The fourth-order valence-electron chi connectivity index (χ4n) is 3.54. The number of hydrogen-bond acceptors (Lipinski definition) is 5. The van der Waals surface area contributed by atoms with E-state index in [9.17, 15) is 9.59 Å². The van der Waals surface area contributed by atoms with Crippen molar-refractivity contribution in [2.24, 2.45) is 11.8 Å². The van der Waals surface area contributed by atoms with Gasteiger partial charge < -0.3 is 14.4 Å². The third kappa shape index (κ3) is 5.33. The molecule has 2 aliphatic rings. The van der Waals surface area contributed by atoms with Crippen LogP contribution in [-0.2, 0) is 14.3 Å². The second-order valence-electron chi connectivity index (χ2n) is 7.68. The van der Waals surface area contributed by atoms with Crippen molar-refractivity contribution in [3.8, 4) is 0 Å². The van der Waals surface area contributed by atoms with Crippen LogP contribution < -0.4 is 0 Å². The lowest BCUT2D eigenvalue weighted by Crippen LogP contribution is -2.56. The summed E-state index contributed by atoms with van der Waals surface area (Å²) in [5.74, 6) is -0.0656. The number of nitrogens with zero attached hydrogens (tertiary/aromatic N) is 2. The Morgan fingerprint density at radius 1 is 1.20 bits per heavy atom. The predicted octanol–water partition coefficient (Wildman–Crippen LogP) is 2.46. The molecule has 0 spiro atoms. The minimum atomic E-state index is -0.512. The lowest BCUT2D eigenvalue weighted by molar-refractivity contribution is -0.137. The molecule has 140 valence electrons. The first kappa shape index (κ1) is 19.5. The first-order valence-corrected chi connectivity index (χ1v) is 8.93. The molecule has 2 saturated heterocycles. The summed E-state index contributed by atoms with van der Waals surface area (Å²) in [5, 5.41) is 0. The van der Waals surface area contributed by atoms with Crippen LogP contribution in [0.15, 0.2) is 24.3 Å². The highest BCUT2D eigenvalue weighted by Crippen LogP contribution is 2.34. The zero-order valence-electron chi connectivity index (χ0n) is 15.8. The second-order valence-corrected chi connectivity index (χ2v) is 7.68. The molecule has 25 heavy (non-hydrogen) atoms. The van der Waals surface area contributed by atoms with E-state index in [0.29, 0.717) is 19.7 Å². The Bertz CT molecular complexity index is 532. The summed E-state index contributed by atoms with van der Waals surface area (Å²) in [5.41, 5.74) is 0.584. The maximum atomic E-state index is 12.4. The Labute approximate surface area is 150 Å². The monoisotopic (exact) mass is 350 g/mol. The van der Waals surface area contributed by atoms with Gasteiger partial charge in [0.05, 0.1) is 6.61 Å². The molecule has 0 radical (unpaired) electrons. The molecule has 2 rings (SSSR count). The number of hydrogen-bond donors (Lipinski definition) is 0. The van der Waals surface area contributed by atoms with Crippen LogP contribution in [0.25, 0.3) is 0 Å². The smallest absolute Gasteiger partial charge is 0.410 e. The van der Waals surface area contributed by atoms with Gasteiger partial charge in [0.2, 0.25) is 0 Å². The van der Waals surface area contributed by atoms with Crippen molar-refractivity contribution in [1.29, 1.82) is 0 Å². The summed E-state index contributed by atoms with van der Waals surface area (Å²) in [6, 6.07) is 0. The zero-order chi connectivity index (χ0) is 18.6. The van der Waals surface area contributed by atoms with Gasteiger partial charge in [-0.1, -0.05) is 11.6 Å². The summed E-state index contributed by atoms with van der Waals surface area (Å²) in [7, 11) is 0. The first-order chi connectivity index (χ1) is 11.7. The van der Waals surface area contributed by atoms with Crippen molar-refractivity contribution in [3.63, 3.8) is 0 Å². The Hall–Kier alpha value is -1.82. The highest BCUT2D eigenvalue weighted by atomic mass is 16.6. The molecular weight excluding hydrogens is 320 g/mol. The molecule has 0 aromatic rings. The Kier molecular flexibility index (Phi) is 6.27. The predicted molar refractivity (Wildman–Crippen MR) is 96.1 cm³/mol. The zero-order valence-corrected chi connectivity index (χ0v) is 15.8. The molecule has 0 aromatic carbocycles. The van der Waals surface area contributed by atoms with E-state index in [1.807, 2.05) is 26.8 Å². The molecule has 2 heterocycles. The topological polar surface area (TPSA) is 59.1 Å². The van der Waals surface area contributed by atoms with Crippen molar-refractivity contribution in [2.45, 2.75) is 33.3 Å². The van der Waals surface area contributed by atoms with Crippen LogP contribution in [0.1, 0.15) is 27.7 Å². The Morgan fingerprint density at radius 3 is 2.28 bits per heavy atom. The van der Waals surface area contributed by atoms with E-state index in [0.717, 1.165) is 25.2 Å². The lowest BCUT2D eigenvalue weighted by atomic mass is 9.79. The quantitative estimate of drug-likeness (QED) is 0.443. The molecule has 6 heteroatoms. The summed E-state index contributed by atoms with van der Waals surface area (Å²) >= 11 is 0. The molecule has 2 aliphatic heterocycles. The van der Waals surface area contributed by atoms with Gasteiger partial charge in [0.1, 0.15) is 5.60 Å². The van der Waals surface area contributed by atoms with Gasteiger partial charge in [0.25, 0.3) is 0 Å². The van der Waals surface area contributed by atoms with Crippen molar-refractivity contribution in [3.05, 3.63) is 24.3 Å². The van der Waals surface area contributed by atoms with Crippen LogP contribution in [0, 0.1) is 11.8 Å². The van der Waals surface area contributed by atoms with E-state index in [-0.39, 0.29) is 23.9 Å². The third-order valence-electron chi connectivity index (χ3n) is 4.39. The highest BCUT2D eigenvalue weighted by Gasteiger charge is 2.40. The number of rotatable bonds is 4. The van der Waals surface area contributed by atoms with Crippen LogP contribution in [0.5, 0.6) is 0 Å². The molecular formula is C19H30N2O4. The van der Waals surface area contributed by atoms with E-state index in [1.54, 1.807) is 17.9 Å². The first-order valence-electron chi connectivity index (χ1n) is 8.93. The van der Waals surface area contributed by atoms with Gasteiger partial charge in [-0.25, -0.2) is 9.59 Å². The Balaban J connectivity index is 2.16. The normalized spacial score (nSPS) is 25.6. The molecule has 2 bridgehead atoms. The maximum absolute atomic E-state index is 12.4. The average Bonchev–Trinajstić information content (AvgIpc) is 2.46. The van der Waals surface area contributed by atoms with Crippen LogP contribution >= 0.6 is 0 Å². The maximum Gasteiger partial charge on any atom is 0.410 e. The van der Waals surface area contributed by atoms with Gasteiger partial charge in [-0.05, 0) is 27.7 Å². The number of amides is 1. The third-order valence-corrected chi connectivity index (χ3v) is 4.39. The van der Waals surface area contributed by atoms with Gasteiger partial charge in [-0.3, -0.25) is 4.90 Å². The van der Waals surface area contributed by atoms with Crippen LogP contribution in [-0.4, -0.2) is 66.8 Å². The minimum absolute atomic E-state index is 0.115. The molecule has 0 N–H and O–H groups in total. The summed E-state index contributed by atoms with van der Waals surface area (Å²) in [4.78, 5) is 28.5. The number of carbonyl (C=O) groups is 2. The van der Waals surface area contributed by atoms with E-state index in [4.69, 9.17) is 9.47 Å². The molecule has 2 atom stereocenters. The van der Waals surface area contributed by atoms with Crippen molar-refractivity contribution >= 4 is 12.1 Å². The molecule has 0 aliphatic carbocycles. The number of likely N-dealkylation sites (tertiary alicyclic amines) is 2. The number of carbonyl (C=O) groups excluding carboxylic acids is 2. The molecule has 0 saturated carbocycles. The van der Waals surface area contributed by atoms with Crippen LogP contribution in [0.4, 0.5) is 4.79 Å². The minimum Gasteiger partial charge on any atom is -0.463 e. The number of piperidine rings is 2. The fraction of sp³-hybridized carbons (Fsp3) is 0.684. The van der Waals surface area contributed by atoms with E-state index in [1.165, 1.54) is 0 Å². The van der Waals surface area contributed by atoms with Crippen LogP contribution in [0.3, 0.4) is 0 Å². The highest BCUT2D eigenvalue weighted by molar-refractivity contribution is 5.83. The second kappa shape index (κ2) is 8.04. The van der Waals surface area contributed by atoms with Crippen LogP contribution in [0.2, 0.25) is 0 Å². The van der Waals surface area contributed by atoms with E-state index >= 15 is 0 Å². The van der Waals surface area contributed by atoms with E-state index in [2.05, 4.69) is 11.5 Å². The SMILES string of the molecule is C=CCN1CC2CN(C(=O)OC(C)(C)C)C[C@@H](C1)C2=CC(=O)OCC. The van der Waals surface area contributed by atoms with Gasteiger partial charge in [-0.15, -0.1) is 6.58 Å². The average molecular weight is 350 g/mol. The molecule has 6 nitrogen and oxygen atoms in total. The van der Waals surface area contributed by atoms with Crippen molar-refractivity contribution in [1.82, 2.24) is 9.80 Å². The fourth-order valence-corrected chi connectivity index (χ4v) is 3.54. The molecule has 0 aromatic heterocycles. The van der Waals surface area contributed by atoms with Gasteiger partial charge in [0, 0.05) is 50.6 Å². The summed E-state index contributed by atoms with van der Waals surface area (Å²) in [6.45, 7) is 15.1. The molecule has 1 unspecified atom stereocenters. The number of ether oxygens (including phenoxy) is 2. The number of esters is 1. The standard InChI is InChI=1S/C19H30N2O4/c1-6-8-20-10-14-12-21(18(23)25-19(3,4)5)13-15(11-20)16(14)9-17(22)24-7-2/h6,9,14-15H,1,7-8,10-13H2,2-5H3/t14-,15?/m1/s1. The molecule has 2 fully saturated rings. The van der Waals surface area contributed by atoms with Crippen molar-refractivity contribution < 1.29 is 19.1 Å².